The molecule has 2 saturated carbocycles. The Bertz CT molecular complexity index is 687. The van der Waals surface area contributed by atoms with E-state index >= 15 is 0 Å². The highest BCUT2D eigenvalue weighted by Gasteiger charge is 2.40. The van der Waals surface area contributed by atoms with Gasteiger partial charge in [-0.05, 0) is 43.2 Å². The summed E-state index contributed by atoms with van der Waals surface area (Å²) < 4.78 is 28.1. The van der Waals surface area contributed by atoms with Crippen LogP contribution in [0.5, 0.6) is 0 Å². The SMILES string of the molecule is CC(=O)NC1CCCC1.CC1(C(NC=O)c2c(F)ccc(Cl)c2F)CCCC1. The zero-order chi connectivity index (χ0) is 20.7. The van der Waals surface area contributed by atoms with Crippen molar-refractivity contribution in [3.8, 4) is 0 Å². The number of hydrogen-bond donors (Lipinski definition) is 2. The molecule has 1 aromatic carbocycles. The third kappa shape index (κ3) is 5.66. The minimum absolute atomic E-state index is 0.113. The van der Waals surface area contributed by atoms with Gasteiger partial charge < -0.3 is 10.6 Å². The van der Waals surface area contributed by atoms with Crippen LogP contribution in [0, 0.1) is 17.0 Å². The first-order valence-corrected chi connectivity index (χ1v) is 10.3. The van der Waals surface area contributed by atoms with Crippen LogP contribution < -0.4 is 10.6 Å². The van der Waals surface area contributed by atoms with Crippen molar-refractivity contribution < 1.29 is 18.4 Å². The number of nitrogens with one attached hydrogen (secondary N) is 2. The van der Waals surface area contributed by atoms with Gasteiger partial charge in [0.1, 0.15) is 11.6 Å². The monoisotopic (exact) mass is 414 g/mol. The van der Waals surface area contributed by atoms with Gasteiger partial charge in [0.25, 0.3) is 0 Å². The van der Waals surface area contributed by atoms with Crippen LogP contribution in [0.25, 0.3) is 0 Å². The van der Waals surface area contributed by atoms with Crippen LogP contribution in [0.4, 0.5) is 8.78 Å². The second-order valence-electron chi connectivity index (χ2n) is 8.02. The highest BCUT2D eigenvalue weighted by Crippen LogP contribution is 2.48. The smallest absolute Gasteiger partial charge is 0.217 e. The normalized spacial score (nSPS) is 19.5. The molecule has 0 bridgehead atoms. The minimum Gasteiger partial charge on any atom is -0.354 e. The standard InChI is InChI=1S/C14H16ClF2NO.C7H13NO/c1-14(6-2-3-7-14)13(18-8-19)11-10(16)5-4-9(15)12(11)17;1-6(9)8-7-4-2-3-5-7/h4-5,8,13H,2-3,6-7H2,1H3,(H,18,19);7H,2-5H2,1H3,(H,8,9). The molecule has 4 nitrogen and oxygen atoms in total. The largest absolute Gasteiger partial charge is 0.354 e. The molecule has 0 saturated heterocycles. The van der Waals surface area contributed by atoms with E-state index in [-0.39, 0.29) is 21.9 Å². The van der Waals surface area contributed by atoms with Gasteiger partial charge in [-0.1, -0.05) is 44.2 Å². The summed E-state index contributed by atoms with van der Waals surface area (Å²) in [5.74, 6) is -1.34. The number of halogens is 3. The summed E-state index contributed by atoms with van der Waals surface area (Å²) in [6.07, 6.45) is 9.06. The van der Waals surface area contributed by atoms with E-state index in [0.29, 0.717) is 12.5 Å². The van der Waals surface area contributed by atoms with Crippen LogP contribution in [0.15, 0.2) is 12.1 Å². The van der Waals surface area contributed by atoms with Gasteiger partial charge in [0, 0.05) is 18.5 Å². The second-order valence-corrected chi connectivity index (χ2v) is 8.42. The van der Waals surface area contributed by atoms with Crippen LogP contribution in [0.2, 0.25) is 5.02 Å². The third-order valence-corrected chi connectivity index (χ3v) is 6.10. The Labute approximate surface area is 170 Å². The third-order valence-electron chi connectivity index (χ3n) is 5.81. The van der Waals surface area contributed by atoms with Gasteiger partial charge >= 0.3 is 0 Å². The fraction of sp³-hybridized carbons (Fsp3) is 0.619. The molecule has 3 rings (SSSR count). The summed E-state index contributed by atoms with van der Waals surface area (Å²) in [6, 6.07) is 2.12. The lowest BCUT2D eigenvalue weighted by atomic mass is 9.77. The van der Waals surface area contributed by atoms with E-state index in [9.17, 15) is 18.4 Å². The first-order valence-electron chi connectivity index (χ1n) is 9.88. The number of carbonyl (C=O) groups excluding carboxylic acids is 2. The predicted molar refractivity (Wildman–Crippen MR) is 106 cm³/mol. The van der Waals surface area contributed by atoms with E-state index in [1.807, 2.05) is 6.92 Å². The molecular weight excluding hydrogens is 386 g/mol. The molecular formula is C21H29ClF2N2O2. The lowest BCUT2D eigenvalue weighted by Gasteiger charge is -2.34. The van der Waals surface area contributed by atoms with Gasteiger partial charge in [-0.25, -0.2) is 8.78 Å². The number of amides is 2. The van der Waals surface area contributed by atoms with Crippen molar-refractivity contribution in [1.29, 1.82) is 0 Å². The summed E-state index contributed by atoms with van der Waals surface area (Å²) in [6.45, 7) is 3.53. The zero-order valence-electron chi connectivity index (χ0n) is 16.5. The lowest BCUT2D eigenvalue weighted by molar-refractivity contribution is -0.119. The quantitative estimate of drug-likeness (QED) is 0.523. The molecule has 1 atom stereocenters. The van der Waals surface area contributed by atoms with Gasteiger partial charge in [0.2, 0.25) is 12.3 Å². The molecule has 0 radical (unpaired) electrons. The highest BCUT2D eigenvalue weighted by atomic mass is 35.5. The van der Waals surface area contributed by atoms with Crippen molar-refractivity contribution >= 4 is 23.9 Å². The fourth-order valence-electron chi connectivity index (χ4n) is 4.34. The topological polar surface area (TPSA) is 58.2 Å². The van der Waals surface area contributed by atoms with Crippen LogP contribution in [0.1, 0.15) is 76.8 Å². The summed E-state index contributed by atoms with van der Waals surface area (Å²) in [7, 11) is 0. The molecule has 28 heavy (non-hydrogen) atoms. The Morgan fingerprint density at radius 2 is 1.82 bits per heavy atom. The van der Waals surface area contributed by atoms with Crippen molar-refractivity contribution in [3.05, 3.63) is 34.4 Å². The van der Waals surface area contributed by atoms with E-state index in [2.05, 4.69) is 10.6 Å². The maximum Gasteiger partial charge on any atom is 0.217 e. The lowest BCUT2D eigenvalue weighted by Crippen LogP contribution is -2.35. The van der Waals surface area contributed by atoms with E-state index in [4.69, 9.17) is 11.6 Å². The number of hydrogen-bond acceptors (Lipinski definition) is 2. The molecule has 156 valence electrons. The fourth-order valence-corrected chi connectivity index (χ4v) is 4.50. The Balaban J connectivity index is 0.000000261. The van der Waals surface area contributed by atoms with Crippen molar-refractivity contribution in [2.45, 2.75) is 77.3 Å². The van der Waals surface area contributed by atoms with Crippen molar-refractivity contribution in [2.75, 3.05) is 0 Å². The van der Waals surface area contributed by atoms with E-state index < -0.39 is 17.7 Å². The Hall–Kier alpha value is -1.69. The molecule has 2 amide bonds. The van der Waals surface area contributed by atoms with E-state index in [1.54, 1.807) is 6.92 Å². The number of benzene rings is 1. The van der Waals surface area contributed by atoms with Gasteiger partial charge in [-0.15, -0.1) is 0 Å². The second kappa shape index (κ2) is 10.2. The number of rotatable bonds is 5. The molecule has 2 aliphatic rings. The highest BCUT2D eigenvalue weighted by molar-refractivity contribution is 6.30. The molecule has 2 N–H and O–H groups in total. The first kappa shape index (κ1) is 22.6. The summed E-state index contributed by atoms with van der Waals surface area (Å²) in [5.41, 5.74) is -0.475. The van der Waals surface area contributed by atoms with E-state index in [0.717, 1.165) is 31.7 Å². The average Bonchev–Trinajstić information content (AvgIpc) is 3.30. The maximum absolute atomic E-state index is 14.1. The van der Waals surface area contributed by atoms with Crippen LogP contribution in [-0.2, 0) is 9.59 Å². The molecule has 0 aromatic heterocycles. The van der Waals surface area contributed by atoms with Crippen LogP contribution >= 0.6 is 11.6 Å². The van der Waals surface area contributed by atoms with Crippen LogP contribution in [-0.4, -0.2) is 18.4 Å². The number of carbonyl (C=O) groups is 2. The molecule has 0 aliphatic heterocycles. The Morgan fingerprint density at radius 3 is 2.36 bits per heavy atom. The van der Waals surface area contributed by atoms with Crippen molar-refractivity contribution in [1.82, 2.24) is 10.6 Å². The zero-order valence-corrected chi connectivity index (χ0v) is 17.2. The van der Waals surface area contributed by atoms with Crippen molar-refractivity contribution in [2.24, 2.45) is 5.41 Å². The summed E-state index contributed by atoms with van der Waals surface area (Å²) in [5, 5.41) is 5.34. The Morgan fingerprint density at radius 1 is 1.21 bits per heavy atom. The molecule has 1 aromatic rings. The van der Waals surface area contributed by atoms with Gasteiger partial charge in [0.05, 0.1) is 11.1 Å². The molecule has 7 heteroatoms. The van der Waals surface area contributed by atoms with Gasteiger partial charge in [-0.3, -0.25) is 9.59 Å². The van der Waals surface area contributed by atoms with Gasteiger partial charge in [0.15, 0.2) is 0 Å². The van der Waals surface area contributed by atoms with Gasteiger partial charge in [-0.2, -0.15) is 0 Å². The molecule has 2 fully saturated rings. The molecule has 1 unspecified atom stereocenters. The summed E-state index contributed by atoms with van der Waals surface area (Å²) in [4.78, 5) is 21.3. The average molecular weight is 415 g/mol. The molecule has 0 heterocycles. The first-order chi connectivity index (χ1) is 13.3. The van der Waals surface area contributed by atoms with Crippen molar-refractivity contribution in [3.63, 3.8) is 0 Å². The predicted octanol–water partition coefficient (Wildman–Crippen LogP) is 5.05. The van der Waals surface area contributed by atoms with Crippen LogP contribution in [0.3, 0.4) is 0 Å². The Kier molecular flexibility index (Phi) is 8.23. The summed E-state index contributed by atoms with van der Waals surface area (Å²) >= 11 is 5.72. The maximum atomic E-state index is 14.1. The molecule has 0 spiro atoms. The molecule has 2 aliphatic carbocycles. The minimum atomic E-state index is -0.783. The van der Waals surface area contributed by atoms with E-state index in [1.165, 1.54) is 31.7 Å².